The predicted octanol–water partition coefficient (Wildman–Crippen LogP) is 4.18. The van der Waals surface area contributed by atoms with Crippen LogP contribution in [0.1, 0.15) is 44.2 Å². The Kier molecular flexibility index (Phi) is 7.93. The number of nitrogens with zero attached hydrogens (tertiary/aromatic N) is 3. The molecule has 4 rings (SSSR count). The van der Waals surface area contributed by atoms with E-state index in [0.717, 1.165) is 31.7 Å². The quantitative estimate of drug-likeness (QED) is 0.542. The van der Waals surface area contributed by atoms with E-state index in [-0.39, 0.29) is 23.3 Å². The molecule has 11 heteroatoms. The Morgan fingerprint density at radius 3 is 2.69 bits per heavy atom. The Bertz CT molecular complexity index is 1220. The number of nitrogens with one attached hydrogen (secondary N) is 1. The van der Waals surface area contributed by atoms with E-state index in [2.05, 4.69) is 26.7 Å². The van der Waals surface area contributed by atoms with E-state index in [1.807, 2.05) is 0 Å². The normalized spacial score (nSPS) is 21.3. The summed E-state index contributed by atoms with van der Waals surface area (Å²) in [4.78, 5) is 14.5. The lowest BCUT2D eigenvalue weighted by atomic mass is 9.75. The number of amides is 1. The van der Waals surface area contributed by atoms with Gasteiger partial charge < -0.3 is 9.47 Å². The van der Waals surface area contributed by atoms with Crippen molar-refractivity contribution in [2.24, 2.45) is 11.8 Å². The molecule has 2 fully saturated rings. The van der Waals surface area contributed by atoms with Crippen LogP contribution in [-0.2, 0) is 21.4 Å². The molecule has 0 spiro atoms. The van der Waals surface area contributed by atoms with Crippen molar-refractivity contribution in [2.45, 2.75) is 56.0 Å². The second-order valence-corrected chi connectivity index (χ2v) is 11.7. The van der Waals surface area contributed by atoms with Gasteiger partial charge in [0, 0.05) is 36.4 Å². The van der Waals surface area contributed by atoms with Crippen molar-refractivity contribution in [2.75, 3.05) is 13.1 Å². The first-order valence-electron chi connectivity index (χ1n) is 11.7. The molecule has 35 heavy (non-hydrogen) atoms. The smallest absolute Gasteiger partial charge is 0.245 e. The van der Waals surface area contributed by atoms with Gasteiger partial charge in [0.15, 0.2) is 0 Å². The summed E-state index contributed by atoms with van der Waals surface area (Å²) in [5.74, 6) is -1.56. The number of halogens is 3. The van der Waals surface area contributed by atoms with Crippen LogP contribution in [0.2, 0.25) is 0 Å². The van der Waals surface area contributed by atoms with Gasteiger partial charge in [-0.2, -0.15) is 9.98 Å². The first-order chi connectivity index (χ1) is 16.7. The second-order valence-electron chi connectivity index (χ2n) is 9.24. The number of carbonyl (C=O) groups excluding carboxylic acids is 1. The van der Waals surface area contributed by atoms with Crippen LogP contribution < -0.4 is 4.72 Å². The molecule has 2 aromatic rings. The van der Waals surface area contributed by atoms with E-state index in [9.17, 15) is 27.3 Å². The van der Waals surface area contributed by atoms with Crippen molar-refractivity contribution in [3.8, 4) is 6.07 Å². The van der Waals surface area contributed by atoms with E-state index in [1.54, 1.807) is 27.8 Å². The number of nitriles is 1. The lowest BCUT2D eigenvalue weighted by Crippen LogP contribution is -2.53. The molecule has 3 unspecified atom stereocenters. The predicted molar refractivity (Wildman–Crippen MR) is 129 cm³/mol. The summed E-state index contributed by atoms with van der Waals surface area (Å²) in [6, 6.07) is 5.55. The summed E-state index contributed by atoms with van der Waals surface area (Å²) in [5.41, 5.74) is 0.384. The number of fused-ring (bicyclic) bond motifs is 1. The molecular weight excluding hydrogens is 542 g/mol. The summed E-state index contributed by atoms with van der Waals surface area (Å²) in [6.45, 7) is 1.32. The molecule has 1 aliphatic heterocycles. The first kappa shape index (κ1) is 25.8. The molecule has 1 aromatic heterocycles. The molecule has 3 atom stereocenters. The lowest BCUT2D eigenvalue weighted by molar-refractivity contribution is -0.136. The minimum absolute atomic E-state index is 0.0620. The third-order valence-electron chi connectivity index (χ3n) is 7.03. The molecule has 2 aliphatic rings. The highest BCUT2D eigenvalue weighted by Gasteiger charge is 2.37. The van der Waals surface area contributed by atoms with Gasteiger partial charge in [-0.25, -0.2) is 17.2 Å². The van der Waals surface area contributed by atoms with Crippen LogP contribution in [-0.4, -0.2) is 42.9 Å². The van der Waals surface area contributed by atoms with E-state index in [0.29, 0.717) is 36.7 Å². The fraction of sp³-hybridized carbons (Fsp3) is 0.500. The molecule has 0 radical (unpaired) electrons. The number of hydrogen-bond acceptors (Lipinski definition) is 4. The highest BCUT2D eigenvalue weighted by molar-refractivity contribution is 9.10. The van der Waals surface area contributed by atoms with Gasteiger partial charge in [0.05, 0.1) is 0 Å². The molecule has 0 bridgehead atoms. The van der Waals surface area contributed by atoms with Crippen molar-refractivity contribution in [1.82, 2.24) is 14.2 Å². The third-order valence-corrected chi connectivity index (χ3v) is 9.47. The van der Waals surface area contributed by atoms with Gasteiger partial charge in [-0.05, 0) is 65.2 Å². The van der Waals surface area contributed by atoms with E-state index in [1.165, 1.54) is 6.42 Å². The topological polar surface area (TPSA) is 95.2 Å². The van der Waals surface area contributed by atoms with Crippen molar-refractivity contribution >= 4 is 31.9 Å². The van der Waals surface area contributed by atoms with Crippen molar-refractivity contribution in [3.05, 3.63) is 52.3 Å². The number of aryl methyl sites for hydroxylation is 1. The average Bonchev–Trinajstić information content (AvgIpc) is 3.27. The zero-order valence-electron chi connectivity index (χ0n) is 19.1. The number of sulfonamides is 1. The van der Waals surface area contributed by atoms with E-state index < -0.39 is 32.6 Å². The average molecular weight is 569 g/mol. The highest BCUT2D eigenvalue weighted by atomic mass is 79.9. The molecule has 1 amide bonds. The van der Waals surface area contributed by atoms with Crippen LogP contribution in [0, 0.1) is 34.8 Å². The maximum Gasteiger partial charge on any atom is 0.245 e. The molecular formula is C24H27BrF2N4O3S. The number of piperidine rings is 1. The fourth-order valence-corrected chi connectivity index (χ4v) is 7.65. The second kappa shape index (κ2) is 10.8. The van der Waals surface area contributed by atoms with Gasteiger partial charge in [0.2, 0.25) is 15.9 Å². The molecule has 1 saturated heterocycles. The molecule has 188 valence electrons. The van der Waals surface area contributed by atoms with E-state index in [4.69, 9.17) is 0 Å². The Morgan fingerprint density at radius 2 is 1.97 bits per heavy atom. The number of rotatable bonds is 7. The Hall–Kier alpha value is -2.29. The van der Waals surface area contributed by atoms with Gasteiger partial charge in [0.1, 0.15) is 34.3 Å². The third kappa shape index (κ3) is 5.76. The van der Waals surface area contributed by atoms with Gasteiger partial charge in [-0.3, -0.25) is 4.79 Å². The number of hydrogen-bond donors (Lipinski definition) is 1. The maximum atomic E-state index is 14.5. The zero-order chi connectivity index (χ0) is 25.2. The minimum Gasteiger partial charge on any atom is -0.341 e. The van der Waals surface area contributed by atoms with Crippen LogP contribution in [0.4, 0.5) is 8.78 Å². The highest BCUT2D eigenvalue weighted by Crippen LogP contribution is 2.36. The molecule has 1 N–H and O–H groups in total. The number of benzene rings is 1. The standard InChI is InChI=1S/C24H27BrF2N4O3S/c25-20-12-18(26)13-21(27)23(20)35(33,34)29-22(8-11-30-9-3-6-19(30)14-28)24(32)31-10-7-16-4-1-2-5-17(16)15-31/h3,6,9,12-13,16-17,22,29H,1-2,4-5,7-8,10-11,15H2. The summed E-state index contributed by atoms with van der Waals surface area (Å²) >= 11 is 2.93. The van der Waals surface area contributed by atoms with Crippen LogP contribution in [0.5, 0.6) is 0 Å². The van der Waals surface area contributed by atoms with Crippen molar-refractivity contribution < 1.29 is 22.0 Å². The monoisotopic (exact) mass is 568 g/mol. The van der Waals surface area contributed by atoms with E-state index >= 15 is 0 Å². The van der Waals surface area contributed by atoms with Crippen molar-refractivity contribution in [1.29, 1.82) is 5.26 Å². The number of carbonyl (C=O) groups is 1. The van der Waals surface area contributed by atoms with Crippen molar-refractivity contribution in [3.63, 3.8) is 0 Å². The largest absolute Gasteiger partial charge is 0.341 e. The molecule has 1 saturated carbocycles. The SMILES string of the molecule is N#Cc1cccn1CCC(NS(=O)(=O)c1c(F)cc(F)cc1Br)C(=O)N1CCC2CCCCC2C1. The van der Waals surface area contributed by atoms with Crippen LogP contribution in [0.15, 0.2) is 39.8 Å². The summed E-state index contributed by atoms with van der Waals surface area (Å²) in [6.07, 6.45) is 7.16. The summed E-state index contributed by atoms with van der Waals surface area (Å²) in [5, 5.41) is 9.28. The number of aromatic nitrogens is 1. The molecule has 1 aromatic carbocycles. The van der Waals surface area contributed by atoms with Gasteiger partial charge in [0.25, 0.3) is 0 Å². The Labute approximate surface area is 212 Å². The maximum absolute atomic E-state index is 14.5. The van der Waals surface area contributed by atoms with Crippen LogP contribution in [0.25, 0.3) is 0 Å². The Balaban J connectivity index is 1.58. The number of likely N-dealkylation sites (tertiary alicyclic amines) is 1. The molecule has 2 heterocycles. The Morgan fingerprint density at radius 1 is 1.23 bits per heavy atom. The molecule has 1 aliphatic carbocycles. The minimum atomic E-state index is -4.51. The van der Waals surface area contributed by atoms with Gasteiger partial charge in [-0.1, -0.05) is 19.3 Å². The first-order valence-corrected chi connectivity index (χ1v) is 14.0. The molecule has 7 nitrogen and oxygen atoms in total. The fourth-order valence-electron chi connectivity index (χ4n) is 5.26. The van der Waals surface area contributed by atoms with Crippen LogP contribution >= 0.6 is 15.9 Å². The van der Waals surface area contributed by atoms with Crippen LogP contribution in [0.3, 0.4) is 0 Å². The lowest BCUT2D eigenvalue weighted by Gasteiger charge is -2.42. The summed E-state index contributed by atoms with van der Waals surface area (Å²) < 4.78 is 58.1. The summed E-state index contributed by atoms with van der Waals surface area (Å²) in [7, 11) is -4.51. The zero-order valence-corrected chi connectivity index (χ0v) is 21.5. The van der Waals surface area contributed by atoms with Gasteiger partial charge >= 0.3 is 0 Å². The van der Waals surface area contributed by atoms with Gasteiger partial charge in [-0.15, -0.1) is 0 Å².